The summed E-state index contributed by atoms with van der Waals surface area (Å²) in [6, 6.07) is 5.27. The van der Waals surface area contributed by atoms with Crippen molar-refractivity contribution in [3.8, 4) is 0 Å². The molecule has 5 nitrogen and oxygen atoms in total. The molecule has 1 heterocycles. The summed E-state index contributed by atoms with van der Waals surface area (Å²) in [6.45, 7) is -0.707. The molecule has 0 aliphatic rings. The molecule has 3 N–H and O–H groups in total. The number of thiazole rings is 1. The minimum absolute atomic E-state index is 0.00475. The fraction of sp³-hybridized carbons (Fsp3) is 0.333. The topological polar surface area (TPSA) is 77.2 Å². The van der Waals surface area contributed by atoms with Crippen LogP contribution in [0.25, 0.3) is 10.2 Å². The minimum Gasteiger partial charge on any atom is -0.399 e. The van der Waals surface area contributed by atoms with Crippen molar-refractivity contribution in [1.82, 2.24) is 4.98 Å². The van der Waals surface area contributed by atoms with Gasteiger partial charge in [-0.25, -0.2) is 13.8 Å². The zero-order valence-electron chi connectivity index (χ0n) is 10.4. The van der Waals surface area contributed by atoms with Gasteiger partial charge >= 0.3 is 0 Å². The van der Waals surface area contributed by atoms with E-state index in [-0.39, 0.29) is 18.9 Å². The average molecular weight is 301 g/mol. The molecule has 108 valence electrons. The van der Waals surface area contributed by atoms with E-state index in [9.17, 15) is 13.6 Å². The van der Waals surface area contributed by atoms with Crippen molar-refractivity contribution in [2.75, 3.05) is 24.3 Å². The van der Waals surface area contributed by atoms with Crippen LogP contribution in [0.1, 0.15) is 6.42 Å². The predicted octanol–water partition coefficient (Wildman–Crippen LogP) is 2.49. The summed E-state index contributed by atoms with van der Waals surface area (Å²) < 4.78 is 29.1. The van der Waals surface area contributed by atoms with Gasteiger partial charge in [0.2, 0.25) is 5.91 Å². The van der Waals surface area contributed by atoms with Crippen LogP contribution >= 0.6 is 11.3 Å². The molecule has 0 spiro atoms. The third-order valence-electron chi connectivity index (χ3n) is 2.38. The molecule has 0 saturated carbocycles. The van der Waals surface area contributed by atoms with Gasteiger partial charge < -0.3 is 15.8 Å². The molecular weight excluding hydrogens is 288 g/mol. The van der Waals surface area contributed by atoms with E-state index in [4.69, 9.17) is 5.73 Å². The Morgan fingerprint density at radius 1 is 1.50 bits per heavy atom. The van der Waals surface area contributed by atoms with E-state index in [1.807, 2.05) is 0 Å². The monoisotopic (exact) mass is 301 g/mol. The lowest BCUT2D eigenvalue weighted by atomic mass is 10.3. The molecule has 0 bridgehead atoms. The molecular formula is C12H13F2N3O2S. The number of benzene rings is 1. The van der Waals surface area contributed by atoms with Gasteiger partial charge in [-0.2, -0.15) is 0 Å². The number of alkyl halides is 2. The lowest BCUT2D eigenvalue weighted by Gasteiger charge is -2.03. The van der Waals surface area contributed by atoms with Crippen LogP contribution in [-0.2, 0) is 9.53 Å². The van der Waals surface area contributed by atoms with E-state index in [0.717, 1.165) is 10.2 Å². The third-order valence-corrected chi connectivity index (χ3v) is 3.31. The quantitative estimate of drug-likeness (QED) is 0.635. The summed E-state index contributed by atoms with van der Waals surface area (Å²) in [5.74, 6) is -0.328. The Morgan fingerprint density at radius 3 is 3.05 bits per heavy atom. The average Bonchev–Trinajstić information content (AvgIpc) is 2.75. The minimum atomic E-state index is -2.52. The normalized spacial score (nSPS) is 11.2. The number of carbonyl (C=O) groups excluding carboxylic acids is 1. The lowest BCUT2D eigenvalue weighted by Crippen LogP contribution is -2.15. The van der Waals surface area contributed by atoms with Crippen LogP contribution in [0.15, 0.2) is 18.2 Å². The lowest BCUT2D eigenvalue weighted by molar-refractivity contribution is -0.117. The molecule has 0 fully saturated rings. The Balaban J connectivity index is 1.86. The predicted molar refractivity (Wildman–Crippen MR) is 74.1 cm³/mol. The van der Waals surface area contributed by atoms with Crippen LogP contribution in [0.2, 0.25) is 0 Å². The molecule has 0 radical (unpaired) electrons. The van der Waals surface area contributed by atoms with E-state index in [1.165, 1.54) is 11.3 Å². The Morgan fingerprint density at radius 2 is 2.30 bits per heavy atom. The second kappa shape index (κ2) is 6.58. The molecule has 8 heteroatoms. The summed E-state index contributed by atoms with van der Waals surface area (Å²) in [5.41, 5.74) is 7.02. The Kier molecular flexibility index (Phi) is 4.80. The van der Waals surface area contributed by atoms with Crippen molar-refractivity contribution in [2.45, 2.75) is 12.8 Å². The van der Waals surface area contributed by atoms with E-state index in [1.54, 1.807) is 18.2 Å². The summed E-state index contributed by atoms with van der Waals surface area (Å²) in [7, 11) is 0. The highest BCUT2D eigenvalue weighted by atomic mass is 32.1. The molecule has 1 aromatic carbocycles. The Labute approximate surface area is 117 Å². The van der Waals surface area contributed by atoms with Gasteiger partial charge in [-0.05, 0) is 18.2 Å². The molecule has 20 heavy (non-hydrogen) atoms. The highest BCUT2D eigenvalue weighted by Crippen LogP contribution is 2.27. The van der Waals surface area contributed by atoms with Gasteiger partial charge in [0.1, 0.15) is 6.61 Å². The zero-order valence-corrected chi connectivity index (χ0v) is 11.3. The van der Waals surface area contributed by atoms with Crippen molar-refractivity contribution in [2.24, 2.45) is 0 Å². The van der Waals surface area contributed by atoms with Crippen molar-refractivity contribution < 1.29 is 18.3 Å². The van der Waals surface area contributed by atoms with E-state index < -0.39 is 13.0 Å². The van der Waals surface area contributed by atoms with Crippen LogP contribution in [0, 0.1) is 0 Å². The molecule has 0 unspecified atom stereocenters. The second-order valence-corrected chi connectivity index (χ2v) is 5.04. The van der Waals surface area contributed by atoms with Gasteiger partial charge in [-0.3, -0.25) is 4.79 Å². The number of ether oxygens (including phenoxy) is 1. The first-order valence-electron chi connectivity index (χ1n) is 5.86. The van der Waals surface area contributed by atoms with E-state index >= 15 is 0 Å². The molecule has 0 saturated heterocycles. The molecule has 1 amide bonds. The summed E-state index contributed by atoms with van der Waals surface area (Å²) >= 11 is 1.30. The number of hydrogen-bond acceptors (Lipinski definition) is 5. The van der Waals surface area contributed by atoms with Crippen LogP contribution < -0.4 is 11.1 Å². The molecule has 0 aliphatic carbocycles. The second-order valence-electron chi connectivity index (χ2n) is 4.01. The fourth-order valence-corrected chi connectivity index (χ4v) is 2.44. The van der Waals surface area contributed by atoms with Gasteiger partial charge in [0.15, 0.2) is 5.13 Å². The SMILES string of the molecule is Nc1ccc2nc(NC(=O)CCOCC(F)F)sc2c1. The number of anilines is 2. The number of halogens is 2. The molecule has 0 atom stereocenters. The number of nitrogens with two attached hydrogens (primary N) is 1. The van der Waals surface area contributed by atoms with Gasteiger partial charge in [-0.15, -0.1) is 0 Å². The molecule has 1 aromatic heterocycles. The highest BCUT2D eigenvalue weighted by Gasteiger charge is 2.09. The fourth-order valence-electron chi connectivity index (χ4n) is 1.51. The number of amides is 1. The number of carbonyl (C=O) groups is 1. The van der Waals surface area contributed by atoms with Gasteiger partial charge in [-0.1, -0.05) is 11.3 Å². The number of hydrogen-bond donors (Lipinski definition) is 2. The van der Waals surface area contributed by atoms with Crippen LogP contribution in [-0.4, -0.2) is 30.5 Å². The number of rotatable bonds is 6. The van der Waals surface area contributed by atoms with Gasteiger partial charge in [0.05, 0.1) is 23.2 Å². The van der Waals surface area contributed by atoms with Crippen molar-refractivity contribution >= 4 is 38.3 Å². The number of fused-ring (bicyclic) bond motifs is 1. The first-order chi connectivity index (χ1) is 9.54. The third kappa shape index (κ3) is 4.10. The van der Waals surface area contributed by atoms with Crippen molar-refractivity contribution in [1.29, 1.82) is 0 Å². The maximum atomic E-state index is 11.8. The maximum absolute atomic E-state index is 11.8. The Bertz CT molecular complexity index is 603. The smallest absolute Gasteiger partial charge is 0.261 e. The number of nitrogen functional groups attached to an aromatic ring is 1. The first-order valence-corrected chi connectivity index (χ1v) is 6.68. The van der Waals surface area contributed by atoms with Crippen molar-refractivity contribution in [3.63, 3.8) is 0 Å². The van der Waals surface area contributed by atoms with Crippen LogP contribution in [0.5, 0.6) is 0 Å². The van der Waals surface area contributed by atoms with Gasteiger partial charge in [0.25, 0.3) is 6.43 Å². The van der Waals surface area contributed by atoms with E-state index in [2.05, 4.69) is 15.0 Å². The van der Waals surface area contributed by atoms with Crippen LogP contribution in [0.4, 0.5) is 19.6 Å². The highest BCUT2D eigenvalue weighted by molar-refractivity contribution is 7.22. The zero-order chi connectivity index (χ0) is 14.5. The molecule has 0 aliphatic heterocycles. The number of nitrogens with one attached hydrogen (secondary N) is 1. The molecule has 2 aromatic rings. The standard InChI is InChI=1S/C12H13F2N3O2S/c13-10(14)6-19-4-3-11(18)17-12-16-8-2-1-7(15)5-9(8)20-12/h1-2,5,10H,3-4,6,15H2,(H,16,17,18). The summed E-state index contributed by atoms with van der Waals surface area (Å²) in [5, 5.41) is 3.05. The number of aromatic nitrogens is 1. The van der Waals surface area contributed by atoms with Crippen LogP contribution in [0.3, 0.4) is 0 Å². The van der Waals surface area contributed by atoms with Gasteiger partial charge in [0, 0.05) is 5.69 Å². The maximum Gasteiger partial charge on any atom is 0.261 e. The first kappa shape index (κ1) is 14.6. The number of nitrogens with zero attached hydrogens (tertiary/aromatic N) is 1. The summed E-state index contributed by atoms with van der Waals surface area (Å²) in [4.78, 5) is 15.8. The summed E-state index contributed by atoms with van der Waals surface area (Å²) in [6.07, 6.45) is -2.52. The largest absolute Gasteiger partial charge is 0.399 e. The van der Waals surface area contributed by atoms with E-state index in [0.29, 0.717) is 10.8 Å². The Hall–Kier alpha value is -1.80. The molecule has 2 rings (SSSR count). The van der Waals surface area contributed by atoms with Crippen molar-refractivity contribution in [3.05, 3.63) is 18.2 Å².